The number of ketones is 1. The van der Waals surface area contributed by atoms with E-state index in [1.54, 1.807) is 0 Å². The van der Waals surface area contributed by atoms with Crippen molar-refractivity contribution in [2.75, 3.05) is 11.1 Å². The number of nitrogens with two attached hydrogens (primary N) is 1. The van der Waals surface area contributed by atoms with E-state index in [9.17, 15) is 10.1 Å². The summed E-state index contributed by atoms with van der Waals surface area (Å²) in [6, 6.07) is 11.3. The molecule has 0 unspecified atom stereocenters. The quantitative estimate of drug-likeness (QED) is 0.807. The van der Waals surface area contributed by atoms with Gasteiger partial charge in [-0.3, -0.25) is 4.79 Å². The Morgan fingerprint density at radius 2 is 2.04 bits per heavy atom. The average molecular weight is 334 g/mol. The first kappa shape index (κ1) is 16.6. The zero-order valence-corrected chi connectivity index (χ0v) is 13.6. The molecule has 1 aliphatic carbocycles. The van der Waals surface area contributed by atoms with E-state index in [2.05, 4.69) is 20.3 Å². The van der Waals surface area contributed by atoms with Gasteiger partial charge in [0, 0.05) is 11.6 Å². The topological polar surface area (TPSA) is 118 Å². The third-order valence-corrected chi connectivity index (χ3v) is 4.04. The van der Waals surface area contributed by atoms with Crippen LogP contribution < -0.4 is 11.1 Å². The van der Waals surface area contributed by atoms with Gasteiger partial charge in [0.05, 0.1) is 6.07 Å². The minimum absolute atomic E-state index is 0.0278. The zero-order valence-electron chi connectivity index (χ0n) is 13.6. The van der Waals surface area contributed by atoms with Gasteiger partial charge in [0.1, 0.15) is 0 Å². The molecule has 0 bridgehead atoms. The molecule has 2 aromatic rings. The molecule has 0 amide bonds. The Balaban J connectivity index is 1.86. The largest absolute Gasteiger partial charge is 0.368 e. The van der Waals surface area contributed by atoms with Gasteiger partial charge in [-0.2, -0.15) is 20.2 Å². The first-order valence-corrected chi connectivity index (χ1v) is 8.09. The van der Waals surface area contributed by atoms with Crippen LogP contribution in [0.25, 0.3) is 0 Å². The maximum absolute atomic E-state index is 12.7. The van der Waals surface area contributed by atoms with Crippen LogP contribution in [-0.4, -0.2) is 20.7 Å². The number of anilines is 3. The van der Waals surface area contributed by atoms with Gasteiger partial charge >= 0.3 is 0 Å². The van der Waals surface area contributed by atoms with E-state index in [1.165, 1.54) is 0 Å². The Kier molecular flexibility index (Phi) is 5.00. The number of Topliss-reactive ketones (excluding diaryl/α,β-unsaturated/α-hetero) is 1. The molecule has 25 heavy (non-hydrogen) atoms. The summed E-state index contributed by atoms with van der Waals surface area (Å²) >= 11 is 0. The van der Waals surface area contributed by atoms with Crippen LogP contribution in [0.2, 0.25) is 0 Å². The highest BCUT2D eigenvalue weighted by molar-refractivity contribution is 5.90. The Morgan fingerprint density at radius 3 is 2.72 bits per heavy atom. The van der Waals surface area contributed by atoms with Gasteiger partial charge in [-0.25, -0.2) is 0 Å². The van der Waals surface area contributed by atoms with Crippen LogP contribution in [-0.2, 0) is 4.79 Å². The number of carbonyl (C=O) groups is 1. The molecule has 3 N–H and O–H groups in total. The monoisotopic (exact) mass is 334 g/mol. The van der Waals surface area contributed by atoms with E-state index in [4.69, 9.17) is 5.73 Å². The van der Waals surface area contributed by atoms with Crippen molar-refractivity contribution in [2.45, 2.75) is 25.2 Å². The third kappa shape index (κ3) is 3.98. The summed E-state index contributed by atoms with van der Waals surface area (Å²) in [6.07, 6.45) is 6.25. The fourth-order valence-corrected chi connectivity index (χ4v) is 2.78. The lowest BCUT2D eigenvalue weighted by molar-refractivity contribution is -0.123. The number of nitriles is 1. The van der Waals surface area contributed by atoms with E-state index in [1.807, 2.05) is 48.6 Å². The van der Waals surface area contributed by atoms with Crippen LogP contribution in [0.5, 0.6) is 0 Å². The number of nitrogens with one attached hydrogen (secondary N) is 1. The molecule has 0 radical (unpaired) electrons. The fourth-order valence-electron chi connectivity index (χ4n) is 2.78. The van der Waals surface area contributed by atoms with Crippen molar-refractivity contribution in [3.05, 3.63) is 48.3 Å². The number of hydrogen-bond acceptors (Lipinski definition) is 7. The van der Waals surface area contributed by atoms with Crippen molar-refractivity contribution in [1.29, 1.82) is 5.26 Å². The van der Waals surface area contributed by atoms with Gasteiger partial charge in [-0.05, 0) is 31.4 Å². The second kappa shape index (κ2) is 7.53. The standard InChI is InChI=1S/C18H18N6O/c19-11-14(15(25)12-7-3-1-4-8-12)16-22-17(20)24-18(23-16)21-13-9-5-2-6-10-13/h1-3,5-6,9-10,12,14H,4,7-8H2,(H3,20,21,22,23,24)/t12-,14+/m0/s1. The second-order valence-corrected chi connectivity index (χ2v) is 5.81. The predicted octanol–water partition coefficient (Wildman–Crippen LogP) is 2.73. The molecule has 1 aromatic heterocycles. The van der Waals surface area contributed by atoms with Gasteiger partial charge in [0.15, 0.2) is 17.5 Å². The number of nitrogens with zero attached hydrogens (tertiary/aromatic N) is 4. The molecule has 1 heterocycles. The Morgan fingerprint density at radius 1 is 1.24 bits per heavy atom. The Labute approximate surface area is 145 Å². The molecule has 3 rings (SSSR count). The first-order chi connectivity index (χ1) is 12.2. The molecule has 1 aromatic carbocycles. The summed E-state index contributed by atoms with van der Waals surface area (Å²) in [7, 11) is 0. The molecule has 0 spiro atoms. The number of aromatic nitrogens is 3. The number of rotatable bonds is 5. The summed E-state index contributed by atoms with van der Waals surface area (Å²) in [6.45, 7) is 0. The van der Waals surface area contributed by atoms with E-state index in [0.29, 0.717) is 6.42 Å². The first-order valence-electron chi connectivity index (χ1n) is 8.09. The zero-order chi connectivity index (χ0) is 17.6. The van der Waals surface area contributed by atoms with Crippen molar-refractivity contribution >= 4 is 23.4 Å². The maximum Gasteiger partial charge on any atom is 0.232 e. The minimum atomic E-state index is -1.04. The molecule has 1 aliphatic rings. The van der Waals surface area contributed by atoms with Crippen molar-refractivity contribution in [3.8, 4) is 6.07 Å². The highest BCUT2D eigenvalue weighted by Gasteiger charge is 2.31. The molecule has 0 saturated carbocycles. The highest BCUT2D eigenvalue weighted by atomic mass is 16.1. The predicted molar refractivity (Wildman–Crippen MR) is 93.8 cm³/mol. The van der Waals surface area contributed by atoms with E-state index >= 15 is 0 Å². The fraction of sp³-hybridized carbons (Fsp3) is 0.278. The molecule has 7 heteroatoms. The minimum Gasteiger partial charge on any atom is -0.368 e. The van der Waals surface area contributed by atoms with Crippen LogP contribution in [0.4, 0.5) is 17.6 Å². The molecule has 126 valence electrons. The summed E-state index contributed by atoms with van der Waals surface area (Å²) in [5, 5.41) is 12.5. The molecule has 2 atom stereocenters. The van der Waals surface area contributed by atoms with Crippen LogP contribution in [0.3, 0.4) is 0 Å². The Bertz CT molecular complexity index is 827. The Hall–Kier alpha value is -3.27. The molecule has 0 saturated heterocycles. The number of allylic oxidation sites excluding steroid dienone is 2. The summed E-state index contributed by atoms with van der Waals surface area (Å²) in [5.41, 5.74) is 6.52. The van der Waals surface area contributed by atoms with Crippen molar-refractivity contribution in [1.82, 2.24) is 15.0 Å². The number of carbonyl (C=O) groups excluding carboxylic acids is 1. The van der Waals surface area contributed by atoms with Gasteiger partial charge in [0.25, 0.3) is 0 Å². The summed E-state index contributed by atoms with van der Waals surface area (Å²) in [5.74, 6) is -1.11. The van der Waals surface area contributed by atoms with Crippen molar-refractivity contribution < 1.29 is 4.79 Å². The molecule has 0 fully saturated rings. The van der Waals surface area contributed by atoms with E-state index in [0.717, 1.165) is 18.5 Å². The SMILES string of the molecule is N#C[C@H](C(=O)[C@H]1CC=CCC1)c1nc(N)nc(Nc2ccccc2)n1. The third-order valence-electron chi connectivity index (χ3n) is 4.04. The molecule has 0 aliphatic heterocycles. The number of benzene rings is 1. The molecule has 7 nitrogen and oxygen atoms in total. The number of hydrogen-bond donors (Lipinski definition) is 2. The highest BCUT2D eigenvalue weighted by Crippen LogP contribution is 2.26. The van der Waals surface area contributed by atoms with Gasteiger partial charge in [0.2, 0.25) is 11.9 Å². The van der Waals surface area contributed by atoms with Crippen LogP contribution >= 0.6 is 0 Å². The maximum atomic E-state index is 12.7. The van der Waals surface area contributed by atoms with Gasteiger partial charge in [-0.1, -0.05) is 30.4 Å². The van der Waals surface area contributed by atoms with Gasteiger partial charge < -0.3 is 11.1 Å². The summed E-state index contributed by atoms with van der Waals surface area (Å²) < 4.78 is 0. The normalized spacial score (nSPS) is 17.5. The molecular formula is C18H18N6O. The van der Waals surface area contributed by atoms with Gasteiger partial charge in [-0.15, -0.1) is 0 Å². The van der Waals surface area contributed by atoms with Crippen LogP contribution in [0.1, 0.15) is 31.0 Å². The smallest absolute Gasteiger partial charge is 0.232 e. The van der Waals surface area contributed by atoms with Crippen LogP contribution in [0, 0.1) is 17.2 Å². The van der Waals surface area contributed by atoms with Crippen LogP contribution in [0.15, 0.2) is 42.5 Å². The lowest BCUT2D eigenvalue weighted by Gasteiger charge is -2.18. The number of nitrogen functional groups attached to an aromatic ring is 1. The van der Waals surface area contributed by atoms with E-state index < -0.39 is 5.92 Å². The second-order valence-electron chi connectivity index (χ2n) is 5.81. The number of para-hydroxylation sites is 1. The molecular weight excluding hydrogens is 316 g/mol. The van der Waals surface area contributed by atoms with Crippen molar-refractivity contribution in [3.63, 3.8) is 0 Å². The summed E-state index contributed by atoms with van der Waals surface area (Å²) in [4.78, 5) is 25.0. The lowest BCUT2D eigenvalue weighted by Crippen LogP contribution is -2.24. The van der Waals surface area contributed by atoms with E-state index in [-0.39, 0.29) is 29.4 Å². The van der Waals surface area contributed by atoms with Crippen molar-refractivity contribution in [2.24, 2.45) is 5.92 Å². The average Bonchev–Trinajstić information content (AvgIpc) is 2.63. The lowest BCUT2D eigenvalue weighted by atomic mass is 9.84.